The number of Topliss-reactive ketones (excluding diaryl/α,β-unsaturated/α-hetero) is 1. The zero-order valence-corrected chi connectivity index (χ0v) is 21.5. The number of hydrogen-bond donors (Lipinski definition) is 0. The number of carbonyl (C=O) groups excluding carboxylic acids is 2. The fraction of sp³-hybridized carbons (Fsp3) is 0.250. The molecule has 0 aliphatic carbocycles. The predicted octanol–water partition coefficient (Wildman–Crippen LogP) is 4.72. The van der Waals surface area contributed by atoms with Crippen molar-refractivity contribution in [2.75, 3.05) is 6.61 Å². The molecule has 8 heteroatoms. The molecule has 36 heavy (non-hydrogen) atoms. The summed E-state index contributed by atoms with van der Waals surface area (Å²) in [5.74, 6) is -1.41. The quantitative estimate of drug-likeness (QED) is 0.185. The number of ether oxygens (including phenoxy) is 1. The maximum absolute atomic E-state index is 13.8. The van der Waals surface area contributed by atoms with Gasteiger partial charge in [-0.15, -0.1) is 0 Å². The van der Waals surface area contributed by atoms with Crippen LogP contribution in [0.3, 0.4) is 0 Å². The van der Waals surface area contributed by atoms with E-state index in [1.807, 2.05) is 6.07 Å². The van der Waals surface area contributed by atoms with Crippen molar-refractivity contribution in [3.8, 4) is 5.75 Å². The molecule has 2 aromatic carbocycles. The number of aromatic nitrogens is 1. The Morgan fingerprint density at radius 3 is 2.58 bits per heavy atom. The minimum Gasteiger partial charge on any atom is -0.872 e. The van der Waals surface area contributed by atoms with Crippen LogP contribution >= 0.6 is 23.2 Å². The Morgan fingerprint density at radius 2 is 1.92 bits per heavy atom. The zero-order chi connectivity index (χ0) is 25.8. The summed E-state index contributed by atoms with van der Waals surface area (Å²) in [7, 11) is 0. The first kappa shape index (κ1) is 25.7. The summed E-state index contributed by atoms with van der Waals surface area (Å²) in [4.78, 5) is 30.8. The lowest BCUT2D eigenvalue weighted by Gasteiger charge is -2.28. The summed E-state index contributed by atoms with van der Waals surface area (Å²) in [6.07, 6.45) is 5.42. The molecule has 186 valence electrons. The topological polar surface area (TPSA) is 83.8 Å². The first-order valence-electron chi connectivity index (χ1n) is 11.7. The van der Waals surface area contributed by atoms with Crippen LogP contribution in [0.15, 0.2) is 66.5 Å². The number of nitrogens with zero attached hydrogens (tertiary/aromatic N) is 1. The third-order valence-corrected chi connectivity index (χ3v) is 6.86. The molecule has 1 aliphatic heterocycles. The van der Waals surface area contributed by atoms with Gasteiger partial charge in [0.15, 0.2) is 12.4 Å². The fourth-order valence-electron chi connectivity index (χ4n) is 4.25. The molecule has 4 rings (SSSR count). The number of unbranched alkanes of at least 4 members (excludes halogenated alkanes) is 1. The zero-order valence-electron chi connectivity index (χ0n) is 20.0. The molecule has 1 amide bonds. The van der Waals surface area contributed by atoms with Crippen molar-refractivity contribution in [2.45, 2.75) is 39.3 Å². The van der Waals surface area contributed by atoms with Gasteiger partial charge in [-0.25, -0.2) is 4.98 Å². The van der Waals surface area contributed by atoms with E-state index in [0.29, 0.717) is 34.1 Å². The number of H-pyrrole nitrogens is 1. The van der Waals surface area contributed by atoms with Gasteiger partial charge in [0.25, 0.3) is 5.91 Å². The number of hydrogen-bond acceptors (Lipinski definition) is 4. The number of aromatic amines is 1. The lowest BCUT2D eigenvalue weighted by atomic mass is 9.93. The number of likely N-dealkylation sites (tertiary alicyclic amines) is 1. The second-order valence-electron chi connectivity index (χ2n) is 8.67. The van der Waals surface area contributed by atoms with Crippen molar-refractivity contribution < 1.29 is 24.4 Å². The molecule has 0 saturated carbocycles. The van der Waals surface area contributed by atoms with E-state index in [1.165, 1.54) is 4.90 Å². The van der Waals surface area contributed by atoms with Crippen LogP contribution in [0.25, 0.3) is 5.76 Å². The van der Waals surface area contributed by atoms with Crippen molar-refractivity contribution in [3.63, 3.8) is 0 Å². The van der Waals surface area contributed by atoms with Crippen LogP contribution in [0, 0.1) is 6.92 Å². The minimum atomic E-state index is -0.910. The Kier molecular flexibility index (Phi) is 7.97. The molecular formula is C28H26Cl2N2O4. The highest BCUT2D eigenvalue weighted by atomic mass is 35.5. The lowest BCUT2D eigenvalue weighted by Crippen LogP contribution is -2.29. The molecule has 0 spiro atoms. The first-order chi connectivity index (χ1) is 17.3. The molecule has 1 unspecified atom stereocenters. The van der Waals surface area contributed by atoms with E-state index in [9.17, 15) is 14.7 Å². The molecular weight excluding hydrogens is 499 g/mol. The highest BCUT2D eigenvalue weighted by molar-refractivity contribution is 6.46. The maximum atomic E-state index is 13.8. The summed E-state index contributed by atoms with van der Waals surface area (Å²) in [6, 6.07) is 12.7. The first-order valence-corrected chi connectivity index (χ1v) is 12.5. The van der Waals surface area contributed by atoms with Crippen LogP contribution in [0.1, 0.15) is 48.1 Å². The summed E-state index contributed by atoms with van der Waals surface area (Å²) < 4.78 is 5.75. The van der Waals surface area contributed by atoms with E-state index in [-0.39, 0.29) is 17.1 Å². The Balaban J connectivity index is 1.81. The van der Waals surface area contributed by atoms with Crippen molar-refractivity contribution in [2.24, 2.45) is 0 Å². The van der Waals surface area contributed by atoms with E-state index in [4.69, 9.17) is 27.9 Å². The third kappa shape index (κ3) is 5.25. The number of rotatable bonds is 8. The van der Waals surface area contributed by atoms with Gasteiger partial charge in [-0.2, -0.15) is 0 Å². The average molecular weight is 525 g/mol. The van der Waals surface area contributed by atoms with E-state index in [0.717, 1.165) is 18.4 Å². The van der Waals surface area contributed by atoms with E-state index in [2.05, 4.69) is 11.9 Å². The van der Waals surface area contributed by atoms with Crippen LogP contribution < -0.4 is 14.8 Å². The van der Waals surface area contributed by atoms with Gasteiger partial charge < -0.3 is 14.7 Å². The molecule has 0 radical (unpaired) electrons. The fourth-order valence-corrected chi connectivity index (χ4v) is 4.55. The standard InChI is InChI=1S/C28H26Cl2N2O4/c1-3-4-12-36-20-8-9-21(17(2)13-20)26(33)24-25(19-7-10-22(29)23(30)14-19)32(28(35)27(24)34)16-18-6-5-11-31-15-18/h5-11,13-15,25,33H,3-4,12,16H2,1-2H3. The predicted molar refractivity (Wildman–Crippen MR) is 136 cm³/mol. The van der Waals surface area contributed by atoms with Crippen LogP contribution in [0.5, 0.6) is 5.75 Å². The van der Waals surface area contributed by atoms with Crippen molar-refractivity contribution in [1.82, 2.24) is 4.90 Å². The smallest absolute Gasteiger partial charge is 0.295 e. The summed E-state index contributed by atoms with van der Waals surface area (Å²) in [5.41, 5.74) is 2.20. The number of nitrogens with one attached hydrogen (secondary N) is 1. The van der Waals surface area contributed by atoms with Gasteiger partial charge in [0.1, 0.15) is 5.75 Å². The van der Waals surface area contributed by atoms with E-state index >= 15 is 0 Å². The van der Waals surface area contributed by atoms with Crippen molar-refractivity contribution >= 4 is 40.7 Å². The number of benzene rings is 2. The molecule has 6 nitrogen and oxygen atoms in total. The molecule has 0 bridgehead atoms. The molecule has 1 aromatic heterocycles. The summed E-state index contributed by atoms with van der Waals surface area (Å²) >= 11 is 12.4. The maximum Gasteiger partial charge on any atom is 0.295 e. The van der Waals surface area contributed by atoms with Gasteiger partial charge in [-0.1, -0.05) is 54.4 Å². The van der Waals surface area contributed by atoms with Gasteiger partial charge in [0, 0.05) is 17.2 Å². The third-order valence-electron chi connectivity index (χ3n) is 6.12. The second kappa shape index (κ2) is 11.1. The average Bonchev–Trinajstić information content (AvgIpc) is 3.11. The molecule has 1 aliphatic rings. The van der Waals surface area contributed by atoms with E-state index in [1.54, 1.807) is 61.8 Å². The van der Waals surface area contributed by atoms with Crippen LogP contribution in [-0.4, -0.2) is 23.2 Å². The number of halogens is 2. The normalized spacial score (nSPS) is 17.0. The molecule has 1 saturated heterocycles. The van der Waals surface area contributed by atoms with Gasteiger partial charge in [0.05, 0.1) is 29.2 Å². The molecule has 2 heterocycles. The number of carbonyl (C=O) groups is 2. The Hall–Kier alpha value is -3.35. The highest BCUT2D eigenvalue weighted by Crippen LogP contribution is 2.41. The number of amides is 1. The molecule has 1 fully saturated rings. The van der Waals surface area contributed by atoms with Crippen LogP contribution in [0.2, 0.25) is 10.0 Å². The number of aryl methyl sites for hydroxylation is 1. The highest BCUT2D eigenvalue weighted by Gasteiger charge is 2.44. The Labute approximate surface area is 220 Å². The Bertz CT molecular complexity index is 1320. The SMILES string of the molecule is CCCCOc1ccc(C([O-])=C2C(=O)C(=O)N(Cc3ccc[nH+]c3)C2c2ccc(Cl)c(Cl)c2)c(C)c1. The van der Waals surface area contributed by atoms with Crippen molar-refractivity contribution in [1.29, 1.82) is 0 Å². The number of ketones is 1. The number of pyridine rings is 1. The monoisotopic (exact) mass is 524 g/mol. The van der Waals surface area contributed by atoms with Gasteiger partial charge in [-0.3, -0.25) is 9.59 Å². The summed E-state index contributed by atoms with van der Waals surface area (Å²) in [6.45, 7) is 4.58. The largest absolute Gasteiger partial charge is 0.872 e. The molecule has 3 aromatic rings. The van der Waals surface area contributed by atoms with Crippen LogP contribution in [-0.2, 0) is 16.1 Å². The van der Waals surface area contributed by atoms with Crippen molar-refractivity contribution in [3.05, 3.63) is 98.8 Å². The van der Waals surface area contributed by atoms with Gasteiger partial charge in [-0.05, 0) is 60.4 Å². The van der Waals surface area contributed by atoms with Crippen LogP contribution in [0.4, 0.5) is 0 Å². The molecule has 1 N–H and O–H groups in total. The van der Waals surface area contributed by atoms with Gasteiger partial charge >= 0.3 is 0 Å². The summed E-state index contributed by atoms with van der Waals surface area (Å²) in [5, 5.41) is 14.4. The lowest BCUT2D eigenvalue weighted by molar-refractivity contribution is -0.378. The molecule has 1 atom stereocenters. The van der Waals surface area contributed by atoms with E-state index < -0.39 is 23.5 Å². The Morgan fingerprint density at radius 1 is 1.11 bits per heavy atom. The van der Waals surface area contributed by atoms with Gasteiger partial charge in [0.2, 0.25) is 5.78 Å². The minimum absolute atomic E-state index is 0.110. The second-order valence-corrected chi connectivity index (χ2v) is 9.49.